The van der Waals surface area contributed by atoms with Crippen LogP contribution in [0.2, 0.25) is 0 Å². The predicted molar refractivity (Wildman–Crippen MR) is 62.0 cm³/mol. The summed E-state index contributed by atoms with van der Waals surface area (Å²) in [6.07, 6.45) is 0.851. The SMILES string of the molecule is Nc1cc(N)cc(C(=O)NC2CCOC2)c1. The molecule has 2 rings (SSSR count). The first kappa shape index (κ1) is 10.8. The normalized spacial score (nSPS) is 19.6. The zero-order chi connectivity index (χ0) is 11.5. The molecule has 0 radical (unpaired) electrons. The molecule has 1 aliphatic heterocycles. The molecule has 1 unspecified atom stereocenters. The molecule has 86 valence electrons. The van der Waals surface area contributed by atoms with Crippen molar-refractivity contribution in [3.8, 4) is 0 Å². The highest BCUT2D eigenvalue weighted by molar-refractivity contribution is 5.96. The summed E-state index contributed by atoms with van der Waals surface area (Å²) in [6, 6.07) is 4.94. The molecule has 0 bridgehead atoms. The van der Waals surface area contributed by atoms with Crippen LogP contribution in [0.1, 0.15) is 16.8 Å². The fraction of sp³-hybridized carbons (Fsp3) is 0.364. The van der Waals surface area contributed by atoms with Gasteiger partial charge in [-0.05, 0) is 24.6 Å². The molecule has 0 spiro atoms. The molecular formula is C11H15N3O2. The lowest BCUT2D eigenvalue weighted by Crippen LogP contribution is -2.35. The molecule has 1 amide bonds. The van der Waals surface area contributed by atoms with Crippen molar-refractivity contribution in [2.24, 2.45) is 0 Å². The van der Waals surface area contributed by atoms with E-state index >= 15 is 0 Å². The van der Waals surface area contributed by atoms with Crippen LogP contribution in [0.15, 0.2) is 18.2 Å². The first-order valence-electron chi connectivity index (χ1n) is 5.20. The number of rotatable bonds is 2. The average molecular weight is 221 g/mol. The maximum Gasteiger partial charge on any atom is 0.251 e. The largest absolute Gasteiger partial charge is 0.399 e. The van der Waals surface area contributed by atoms with Gasteiger partial charge in [-0.1, -0.05) is 0 Å². The van der Waals surface area contributed by atoms with Crippen LogP contribution in [-0.2, 0) is 4.74 Å². The molecule has 1 aromatic carbocycles. The summed E-state index contributed by atoms with van der Waals surface area (Å²) in [7, 11) is 0. The van der Waals surface area contributed by atoms with Crippen LogP contribution in [0, 0.1) is 0 Å². The van der Waals surface area contributed by atoms with Crippen LogP contribution in [0.4, 0.5) is 11.4 Å². The van der Waals surface area contributed by atoms with Crippen LogP contribution >= 0.6 is 0 Å². The minimum Gasteiger partial charge on any atom is -0.399 e. The standard InChI is InChI=1S/C11H15N3O2/c12-8-3-7(4-9(13)5-8)11(15)14-10-1-2-16-6-10/h3-5,10H,1-2,6,12-13H2,(H,14,15). The van der Waals surface area contributed by atoms with Crippen molar-refractivity contribution in [2.75, 3.05) is 24.7 Å². The Morgan fingerprint density at radius 2 is 2.00 bits per heavy atom. The van der Waals surface area contributed by atoms with Gasteiger partial charge in [-0.3, -0.25) is 4.79 Å². The minimum atomic E-state index is -0.158. The van der Waals surface area contributed by atoms with Gasteiger partial charge in [0.05, 0.1) is 12.6 Å². The van der Waals surface area contributed by atoms with Gasteiger partial charge in [-0.25, -0.2) is 0 Å². The van der Waals surface area contributed by atoms with Crippen molar-refractivity contribution in [3.05, 3.63) is 23.8 Å². The van der Waals surface area contributed by atoms with Gasteiger partial charge < -0.3 is 21.5 Å². The zero-order valence-electron chi connectivity index (χ0n) is 8.90. The van der Waals surface area contributed by atoms with Crippen molar-refractivity contribution >= 4 is 17.3 Å². The van der Waals surface area contributed by atoms with Crippen LogP contribution < -0.4 is 16.8 Å². The summed E-state index contributed by atoms with van der Waals surface area (Å²) >= 11 is 0. The third-order valence-corrected chi connectivity index (χ3v) is 2.50. The van der Waals surface area contributed by atoms with E-state index in [0.717, 1.165) is 6.42 Å². The zero-order valence-corrected chi connectivity index (χ0v) is 8.90. The first-order valence-corrected chi connectivity index (χ1v) is 5.20. The number of ether oxygens (including phenoxy) is 1. The Hall–Kier alpha value is -1.75. The number of hydrogen-bond donors (Lipinski definition) is 3. The molecule has 5 nitrogen and oxygen atoms in total. The van der Waals surface area contributed by atoms with E-state index in [0.29, 0.717) is 30.2 Å². The van der Waals surface area contributed by atoms with Gasteiger partial charge in [0.1, 0.15) is 0 Å². The summed E-state index contributed by atoms with van der Waals surface area (Å²) in [6.45, 7) is 1.27. The van der Waals surface area contributed by atoms with Gasteiger partial charge in [0.2, 0.25) is 0 Å². The number of benzene rings is 1. The second-order valence-electron chi connectivity index (χ2n) is 3.92. The monoisotopic (exact) mass is 221 g/mol. The third-order valence-electron chi connectivity index (χ3n) is 2.50. The van der Waals surface area contributed by atoms with Gasteiger partial charge in [0, 0.05) is 23.5 Å². The van der Waals surface area contributed by atoms with E-state index in [1.165, 1.54) is 0 Å². The van der Waals surface area contributed by atoms with E-state index in [-0.39, 0.29) is 11.9 Å². The molecule has 0 aromatic heterocycles. The number of carbonyl (C=O) groups is 1. The fourth-order valence-electron chi connectivity index (χ4n) is 1.72. The number of nitrogens with one attached hydrogen (secondary N) is 1. The molecule has 0 aliphatic carbocycles. The Kier molecular flexibility index (Phi) is 2.96. The van der Waals surface area contributed by atoms with Crippen molar-refractivity contribution in [1.82, 2.24) is 5.32 Å². The van der Waals surface area contributed by atoms with E-state index in [1.807, 2.05) is 0 Å². The number of nitrogen functional groups attached to an aromatic ring is 2. The second kappa shape index (κ2) is 4.40. The van der Waals surface area contributed by atoms with E-state index in [9.17, 15) is 4.79 Å². The van der Waals surface area contributed by atoms with Crippen molar-refractivity contribution in [3.63, 3.8) is 0 Å². The molecule has 1 heterocycles. The summed E-state index contributed by atoms with van der Waals surface area (Å²) in [5.74, 6) is -0.158. The lowest BCUT2D eigenvalue weighted by molar-refractivity contribution is 0.0930. The summed E-state index contributed by atoms with van der Waals surface area (Å²) in [5, 5.41) is 2.87. The van der Waals surface area contributed by atoms with Gasteiger partial charge in [0.25, 0.3) is 5.91 Å². The smallest absolute Gasteiger partial charge is 0.251 e. The van der Waals surface area contributed by atoms with Crippen LogP contribution in [-0.4, -0.2) is 25.2 Å². The Bertz CT molecular complexity index is 380. The number of carbonyl (C=O) groups excluding carboxylic acids is 1. The Morgan fingerprint density at radius 3 is 2.56 bits per heavy atom. The summed E-state index contributed by atoms with van der Waals surface area (Å²) in [5.41, 5.74) is 12.7. The number of anilines is 2. The maximum absolute atomic E-state index is 11.8. The highest BCUT2D eigenvalue weighted by Gasteiger charge is 2.18. The Labute approximate surface area is 93.8 Å². The lowest BCUT2D eigenvalue weighted by atomic mass is 10.1. The quantitative estimate of drug-likeness (QED) is 0.629. The minimum absolute atomic E-state index is 0.0927. The lowest BCUT2D eigenvalue weighted by Gasteiger charge is -2.11. The second-order valence-corrected chi connectivity index (χ2v) is 3.92. The number of hydrogen-bond acceptors (Lipinski definition) is 4. The van der Waals surface area contributed by atoms with Crippen LogP contribution in [0.3, 0.4) is 0 Å². The summed E-state index contributed by atoms with van der Waals surface area (Å²) < 4.78 is 5.18. The molecule has 1 atom stereocenters. The van der Waals surface area contributed by atoms with E-state index in [1.54, 1.807) is 18.2 Å². The molecule has 0 saturated carbocycles. The van der Waals surface area contributed by atoms with Gasteiger partial charge >= 0.3 is 0 Å². The van der Waals surface area contributed by atoms with Crippen molar-refractivity contribution < 1.29 is 9.53 Å². The molecule has 1 aromatic rings. The van der Waals surface area contributed by atoms with Crippen molar-refractivity contribution in [2.45, 2.75) is 12.5 Å². The molecule has 1 saturated heterocycles. The molecular weight excluding hydrogens is 206 g/mol. The maximum atomic E-state index is 11.8. The Balaban J connectivity index is 2.07. The molecule has 16 heavy (non-hydrogen) atoms. The Morgan fingerprint density at radius 1 is 1.31 bits per heavy atom. The topological polar surface area (TPSA) is 90.4 Å². The molecule has 1 fully saturated rings. The highest BCUT2D eigenvalue weighted by Crippen LogP contribution is 2.14. The van der Waals surface area contributed by atoms with Crippen LogP contribution in [0.25, 0.3) is 0 Å². The molecule has 5 heteroatoms. The fourth-order valence-corrected chi connectivity index (χ4v) is 1.72. The van der Waals surface area contributed by atoms with E-state index in [2.05, 4.69) is 5.32 Å². The number of amides is 1. The average Bonchev–Trinajstić information content (AvgIpc) is 2.68. The number of nitrogens with two attached hydrogens (primary N) is 2. The first-order chi connectivity index (χ1) is 7.65. The molecule has 1 aliphatic rings. The van der Waals surface area contributed by atoms with E-state index < -0.39 is 0 Å². The predicted octanol–water partition coefficient (Wildman–Crippen LogP) is 0.370. The van der Waals surface area contributed by atoms with Gasteiger partial charge in [-0.15, -0.1) is 0 Å². The van der Waals surface area contributed by atoms with Crippen LogP contribution in [0.5, 0.6) is 0 Å². The van der Waals surface area contributed by atoms with E-state index in [4.69, 9.17) is 16.2 Å². The summed E-state index contributed by atoms with van der Waals surface area (Å²) in [4.78, 5) is 11.8. The van der Waals surface area contributed by atoms with Crippen molar-refractivity contribution in [1.29, 1.82) is 0 Å². The van der Waals surface area contributed by atoms with Gasteiger partial charge in [-0.2, -0.15) is 0 Å². The highest BCUT2D eigenvalue weighted by atomic mass is 16.5. The van der Waals surface area contributed by atoms with Gasteiger partial charge in [0.15, 0.2) is 0 Å². The molecule has 5 N–H and O–H groups in total. The third kappa shape index (κ3) is 2.43.